The summed E-state index contributed by atoms with van der Waals surface area (Å²) in [6.45, 7) is 3.44. The average Bonchev–Trinajstić information content (AvgIpc) is 3.21. The van der Waals surface area contributed by atoms with Gasteiger partial charge in [-0.2, -0.15) is 0 Å². The van der Waals surface area contributed by atoms with E-state index in [1.54, 1.807) is 11.3 Å². The van der Waals surface area contributed by atoms with Crippen molar-refractivity contribution >= 4 is 11.3 Å². The summed E-state index contributed by atoms with van der Waals surface area (Å²) in [5.41, 5.74) is 0. The Labute approximate surface area is 101 Å². The van der Waals surface area contributed by atoms with E-state index in [1.807, 2.05) is 6.20 Å². The van der Waals surface area contributed by atoms with Crippen LogP contribution in [-0.2, 0) is 0 Å². The second-order valence-electron chi connectivity index (χ2n) is 5.34. The van der Waals surface area contributed by atoms with Crippen molar-refractivity contribution in [2.24, 2.45) is 17.8 Å². The molecule has 2 fully saturated rings. The minimum Gasteiger partial charge on any atom is -0.308 e. The largest absolute Gasteiger partial charge is 0.308 e. The highest BCUT2D eigenvalue weighted by Gasteiger charge is 2.41. The average molecular weight is 236 g/mol. The minimum absolute atomic E-state index is 0.431. The van der Waals surface area contributed by atoms with Crippen LogP contribution in [0.15, 0.2) is 11.6 Å². The molecule has 0 bridgehead atoms. The second kappa shape index (κ2) is 4.46. The van der Waals surface area contributed by atoms with E-state index in [9.17, 15) is 0 Å². The zero-order chi connectivity index (χ0) is 11.0. The van der Waals surface area contributed by atoms with Crippen LogP contribution >= 0.6 is 11.3 Å². The maximum absolute atomic E-state index is 4.37. The van der Waals surface area contributed by atoms with Crippen LogP contribution in [0.4, 0.5) is 0 Å². The van der Waals surface area contributed by atoms with Gasteiger partial charge < -0.3 is 5.32 Å². The number of hydrogen-bond acceptors (Lipinski definition) is 3. The predicted molar refractivity (Wildman–Crippen MR) is 67.5 cm³/mol. The lowest BCUT2D eigenvalue weighted by Gasteiger charge is -2.19. The minimum atomic E-state index is 0.431. The van der Waals surface area contributed by atoms with Gasteiger partial charge in [0, 0.05) is 11.6 Å². The van der Waals surface area contributed by atoms with E-state index in [-0.39, 0.29) is 0 Å². The van der Waals surface area contributed by atoms with Gasteiger partial charge in [0.1, 0.15) is 5.01 Å². The molecular weight excluding hydrogens is 216 g/mol. The van der Waals surface area contributed by atoms with E-state index in [1.165, 1.54) is 37.2 Å². The topological polar surface area (TPSA) is 24.9 Å². The molecule has 0 amide bonds. The molecule has 3 rings (SSSR count). The highest BCUT2D eigenvalue weighted by Crippen LogP contribution is 2.48. The van der Waals surface area contributed by atoms with E-state index >= 15 is 0 Å². The van der Waals surface area contributed by atoms with Crippen LogP contribution in [-0.4, -0.2) is 11.5 Å². The smallest absolute Gasteiger partial charge is 0.109 e. The Morgan fingerprint density at radius 1 is 1.38 bits per heavy atom. The summed E-state index contributed by atoms with van der Waals surface area (Å²) < 4.78 is 0. The fraction of sp³-hybridized carbons (Fsp3) is 0.769. The number of aromatic nitrogens is 1. The first-order valence-corrected chi connectivity index (χ1v) is 7.35. The molecule has 0 aromatic carbocycles. The molecule has 0 saturated heterocycles. The van der Waals surface area contributed by atoms with Gasteiger partial charge in [0.2, 0.25) is 0 Å². The molecule has 16 heavy (non-hydrogen) atoms. The van der Waals surface area contributed by atoms with Crippen LogP contribution in [0, 0.1) is 17.8 Å². The number of thiazole rings is 1. The van der Waals surface area contributed by atoms with E-state index in [4.69, 9.17) is 0 Å². The molecule has 88 valence electrons. The second-order valence-corrected chi connectivity index (χ2v) is 6.27. The molecule has 2 nitrogen and oxygen atoms in total. The highest BCUT2D eigenvalue weighted by molar-refractivity contribution is 7.09. The van der Waals surface area contributed by atoms with Gasteiger partial charge in [0.15, 0.2) is 0 Å². The van der Waals surface area contributed by atoms with Crippen LogP contribution in [0.2, 0.25) is 0 Å². The maximum atomic E-state index is 4.37. The molecular formula is C13H20N2S. The van der Waals surface area contributed by atoms with Crippen LogP contribution < -0.4 is 5.32 Å². The number of nitrogens with zero attached hydrogens (tertiary/aromatic N) is 1. The zero-order valence-corrected chi connectivity index (χ0v) is 10.7. The van der Waals surface area contributed by atoms with Crippen LogP contribution in [0.25, 0.3) is 0 Å². The Bertz CT molecular complexity index is 316. The van der Waals surface area contributed by atoms with Crippen molar-refractivity contribution in [3.05, 3.63) is 16.6 Å². The molecule has 2 aliphatic carbocycles. The van der Waals surface area contributed by atoms with E-state index < -0.39 is 0 Å². The summed E-state index contributed by atoms with van der Waals surface area (Å²) in [6, 6.07) is 0.431. The Morgan fingerprint density at radius 2 is 2.06 bits per heavy atom. The van der Waals surface area contributed by atoms with E-state index in [0.717, 1.165) is 17.8 Å². The number of nitrogens with one attached hydrogen (secondary N) is 1. The summed E-state index contributed by atoms with van der Waals surface area (Å²) in [7, 11) is 0. The van der Waals surface area contributed by atoms with Gasteiger partial charge in [-0.3, -0.25) is 0 Å². The SMILES string of the molecule is CC(NCC(C1CC1)C1CC1)c1nccs1. The summed E-state index contributed by atoms with van der Waals surface area (Å²) in [6.07, 6.45) is 7.82. The predicted octanol–water partition coefficient (Wildman–Crippen LogP) is 3.23. The zero-order valence-electron chi connectivity index (χ0n) is 9.86. The molecule has 1 aromatic rings. The monoisotopic (exact) mass is 236 g/mol. The van der Waals surface area contributed by atoms with Crippen LogP contribution in [0.1, 0.15) is 43.7 Å². The number of rotatable bonds is 6. The summed E-state index contributed by atoms with van der Waals surface area (Å²) in [4.78, 5) is 4.37. The standard InChI is InChI=1S/C13H20N2S/c1-9(13-14-6-7-16-13)15-8-12(10-2-3-10)11-4-5-11/h6-7,9-12,15H,2-5,8H2,1H3. The molecule has 0 radical (unpaired) electrons. The third kappa shape index (κ3) is 2.46. The fourth-order valence-corrected chi connectivity index (χ4v) is 3.29. The van der Waals surface area contributed by atoms with Crippen molar-refractivity contribution in [2.45, 2.75) is 38.6 Å². The first kappa shape index (κ1) is 10.7. The van der Waals surface area contributed by atoms with E-state index in [0.29, 0.717) is 6.04 Å². The maximum Gasteiger partial charge on any atom is 0.109 e. The molecule has 1 aromatic heterocycles. The molecule has 2 aliphatic rings. The lowest BCUT2D eigenvalue weighted by molar-refractivity contribution is 0.362. The van der Waals surface area contributed by atoms with Crippen molar-refractivity contribution in [2.75, 3.05) is 6.54 Å². The first-order valence-electron chi connectivity index (χ1n) is 6.47. The van der Waals surface area contributed by atoms with Crippen LogP contribution in [0.3, 0.4) is 0 Å². The van der Waals surface area contributed by atoms with Crippen molar-refractivity contribution < 1.29 is 0 Å². The normalized spacial score (nSPS) is 22.6. The Kier molecular flexibility index (Phi) is 2.99. The summed E-state index contributed by atoms with van der Waals surface area (Å²) in [5.74, 6) is 3.05. The van der Waals surface area contributed by atoms with E-state index in [2.05, 4.69) is 22.6 Å². The molecule has 1 atom stereocenters. The quantitative estimate of drug-likeness (QED) is 0.820. The Hall–Kier alpha value is -0.410. The van der Waals surface area contributed by atoms with Gasteiger partial charge in [-0.15, -0.1) is 11.3 Å². The van der Waals surface area contributed by atoms with Crippen molar-refractivity contribution in [1.29, 1.82) is 0 Å². The highest BCUT2D eigenvalue weighted by atomic mass is 32.1. The molecule has 0 spiro atoms. The van der Waals surface area contributed by atoms with Crippen molar-refractivity contribution in [1.82, 2.24) is 10.3 Å². The summed E-state index contributed by atoms with van der Waals surface area (Å²) >= 11 is 1.76. The van der Waals surface area contributed by atoms with Crippen LogP contribution in [0.5, 0.6) is 0 Å². The number of hydrogen-bond donors (Lipinski definition) is 1. The van der Waals surface area contributed by atoms with Crippen molar-refractivity contribution in [3.63, 3.8) is 0 Å². The Balaban J connectivity index is 1.51. The molecule has 3 heteroatoms. The Morgan fingerprint density at radius 3 is 2.56 bits per heavy atom. The third-order valence-electron chi connectivity index (χ3n) is 3.94. The van der Waals surface area contributed by atoms with Crippen molar-refractivity contribution in [3.8, 4) is 0 Å². The first-order chi connectivity index (χ1) is 7.84. The van der Waals surface area contributed by atoms with Gasteiger partial charge in [-0.05, 0) is 56.9 Å². The lowest BCUT2D eigenvalue weighted by atomic mass is 9.98. The van der Waals surface area contributed by atoms with Gasteiger partial charge in [0.05, 0.1) is 6.04 Å². The molecule has 1 unspecified atom stereocenters. The van der Waals surface area contributed by atoms with Gasteiger partial charge >= 0.3 is 0 Å². The third-order valence-corrected chi connectivity index (χ3v) is 4.89. The molecule has 2 saturated carbocycles. The molecule has 1 N–H and O–H groups in total. The fourth-order valence-electron chi connectivity index (χ4n) is 2.62. The summed E-state index contributed by atoms with van der Waals surface area (Å²) in [5, 5.41) is 6.97. The lowest BCUT2D eigenvalue weighted by Crippen LogP contribution is -2.28. The molecule has 1 heterocycles. The molecule has 0 aliphatic heterocycles. The van der Waals surface area contributed by atoms with Gasteiger partial charge in [0.25, 0.3) is 0 Å². The van der Waals surface area contributed by atoms with Gasteiger partial charge in [-0.25, -0.2) is 4.98 Å². The van der Waals surface area contributed by atoms with Gasteiger partial charge in [-0.1, -0.05) is 0 Å².